The SMILES string of the molecule is Cc1ccc(C(CO)(CO)Cc2ncnn2C)cc1. The molecule has 0 amide bonds. The number of aryl methyl sites for hydroxylation is 2. The molecular formula is C14H19N3O2. The number of benzene rings is 1. The second kappa shape index (κ2) is 5.50. The van der Waals surface area contributed by atoms with Crippen molar-refractivity contribution in [2.45, 2.75) is 18.8 Å². The quantitative estimate of drug-likeness (QED) is 0.826. The van der Waals surface area contributed by atoms with Crippen LogP contribution in [0.1, 0.15) is 17.0 Å². The Morgan fingerprint density at radius 3 is 2.26 bits per heavy atom. The van der Waals surface area contributed by atoms with Crippen molar-refractivity contribution in [1.29, 1.82) is 0 Å². The number of rotatable bonds is 5. The number of hydrogen-bond donors (Lipinski definition) is 2. The molecular weight excluding hydrogens is 242 g/mol. The molecule has 0 bridgehead atoms. The molecule has 0 aliphatic carbocycles. The molecule has 0 saturated carbocycles. The van der Waals surface area contributed by atoms with Crippen LogP contribution in [-0.2, 0) is 18.9 Å². The zero-order valence-electron chi connectivity index (χ0n) is 11.2. The fourth-order valence-corrected chi connectivity index (χ4v) is 2.14. The third kappa shape index (κ3) is 2.67. The first-order chi connectivity index (χ1) is 9.11. The van der Waals surface area contributed by atoms with Crippen molar-refractivity contribution in [2.24, 2.45) is 7.05 Å². The lowest BCUT2D eigenvalue weighted by atomic mass is 9.78. The topological polar surface area (TPSA) is 71.2 Å². The molecule has 1 aromatic heterocycles. The van der Waals surface area contributed by atoms with Crippen LogP contribution in [0.2, 0.25) is 0 Å². The van der Waals surface area contributed by atoms with Crippen molar-refractivity contribution in [2.75, 3.05) is 13.2 Å². The molecule has 5 heteroatoms. The molecule has 0 unspecified atom stereocenters. The monoisotopic (exact) mass is 261 g/mol. The van der Waals surface area contributed by atoms with Gasteiger partial charge in [0, 0.05) is 18.9 Å². The standard InChI is InChI=1S/C14H19N3O2/c1-11-3-5-12(6-4-11)14(8-18,9-19)7-13-15-10-16-17(13)2/h3-6,10,18-19H,7-9H2,1-2H3. The molecule has 1 heterocycles. The summed E-state index contributed by atoms with van der Waals surface area (Å²) in [6.45, 7) is 1.73. The summed E-state index contributed by atoms with van der Waals surface area (Å²) in [5.41, 5.74) is 1.33. The highest BCUT2D eigenvalue weighted by Crippen LogP contribution is 2.27. The second-order valence-electron chi connectivity index (χ2n) is 4.94. The van der Waals surface area contributed by atoms with Gasteiger partial charge in [-0.1, -0.05) is 29.8 Å². The largest absolute Gasteiger partial charge is 0.395 e. The lowest BCUT2D eigenvalue weighted by Crippen LogP contribution is -2.38. The van der Waals surface area contributed by atoms with Gasteiger partial charge >= 0.3 is 0 Å². The second-order valence-corrected chi connectivity index (χ2v) is 4.94. The van der Waals surface area contributed by atoms with E-state index in [4.69, 9.17) is 0 Å². The third-order valence-electron chi connectivity index (χ3n) is 3.57. The van der Waals surface area contributed by atoms with E-state index in [2.05, 4.69) is 10.1 Å². The van der Waals surface area contributed by atoms with Crippen LogP contribution in [-0.4, -0.2) is 38.2 Å². The van der Waals surface area contributed by atoms with E-state index in [0.717, 1.165) is 17.0 Å². The zero-order chi connectivity index (χ0) is 13.9. The molecule has 0 aliphatic rings. The molecule has 0 saturated heterocycles. The molecule has 0 radical (unpaired) electrons. The van der Waals surface area contributed by atoms with Crippen LogP contribution in [0.15, 0.2) is 30.6 Å². The predicted molar refractivity (Wildman–Crippen MR) is 71.7 cm³/mol. The maximum atomic E-state index is 9.77. The Bertz CT molecular complexity index is 530. The highest BCUT2D eigenvalue weighted by molar-refractivity contribution is 5.30. The van der Waals surface area contributed by atoms with Gasteiger partial charge < -0.3 is 10.2 Å². The first-order valence-electron chi connectivity index (χ1n) is 6.23. The van der Waals surface area contributed by atoms with Crippen molar-refractivity contribution < 1.29 is 10.2 Å². The Balaban J connectivity index is 2.37. The lowest BCUT2D eigenvalue weighted by molar-refractivity contribution is 0.114. The van der Waals surface area contributed by atoms with Gasteiger partial charge in [0.2, 0.25) is 0 Å². The smallest absolute Gasteiger partial charge is 0.138 e. The average molecular weight is 261 g/mol. The Labute approximate surface area is 112 Å². The molecule has 1 aromatic carbocycles. The van der Waals surface area contributed by atoms with Gasteiger partial charge in [-0.25, -0.2) is 4.98 Å². The predicted octanol–water partition coefficient (Wildman–Crippen LogP) is 0.589. The minimum atomic E-state index is -0.728. The van der Waals surface area contributed by atoms with E-state index >= 15 is 0 Å². The van der Waals surface area contributed by atoms with E-state index in [-0.39, 0.29) is 13.2 Å². The summed E-state index contributed by atoms with van der Waals surface area (Å²) in [7, 11) is 1.80. The first kappa shape index (κ1) is 13.7. The Morgan fingerprint density at radius 1 is 1.16 bits per heavy atom. The van der Waals surface area contributed by atoms with Crippen molar-refractivity contribution in [3.05, 3.63) is 47.5 Å². The van der Waals surface area contributed by atoms with Gasteiger partial charge in [0.15, 0.2) is 0 Å². The fraction of sp³-hybridized carbons (Fsp3) is 0.429. The molecule has 2 aromatic rings. The highest BCUT2D eigenvalue weighted by atomic mass is 16.3. The van der Waals surface area contributed by atoms with E-state index in [9.17, 15) is 10.2 Å². The van der Waals surface area contributed by atoms with Gasteiger partial charge in [0.1, 0.15) is 12.2 Å². The Hall–Kier alpha value is -1.72. The van der Waals surface area contributed by atoms with Crippen LogP contribution in [0, 0.1) is 6.92 Å². The average Bonchev–Trinajstić information content (AvgIpc) is 2.82. The molecule has 5 nitrogen and oxygen atoms in total. The number of hydrogen-bond acceptors (Lipinski definition) is 4. The summed E-state index contributed by atoms with van der Waals surface area (Å²) < 4.78 is 1.66. The van der Waals surface area contributed by atoms with Crippen molar-refractivity contribution >= 4 is 0 Å². The minimum absolute atomic E-state index is 0.139. The van der Waals surface area contributed by atoms with Gasteiger partial charge in [-0.3, -0.25) is 4.68 Å². The number of aliphatic hydroxyl groups excluding tert-OH is 2. The van der Waals surface area contributed by atoms with E-state index in [1.165, 1.54) is 6.33 Å². The molecule has 2 rings (SSSR count). The van der Waals surface area contributed by atoms with Gasteiger partial charge in [-0.05, 0) is 12.5 Å². The maximum absolute atomic E-state index is 9.77. The summed E-state index contributed by atoms with van der Waals surface area (Å²) in [4.78, 5) is 4.17. The van der Waals surface area contributed by atoms with Gasteiger partial charge in [-0.2, -0.15) is 5.10 Å². The van der Waals surface area contributed by atoms with E-state index in [0.29, 0.717) is 6.42 Å². The molecule has 0 spiro atoms. The van der Waals surface area contributed by atoms with E-state index < -0.39 is 5.41 Å². The number of aromatic nitrogens is 3. The van der Waals surface area contributed by atoms with Gasteiger partial charge in [0.05, 0.1) is 13.2 Å². The fourth-order valence-electron chi connectivity index (χ4n) is 2.14. The molecule has 0 aliphatic heterocycles. The molecule has 19 heavy (non-hydrogen) atoms. The van der Waals surface area contributed by atoms with Gasteiger partial charge in [-0.15, -0.1) is 0 Å². The lowest BCUT2D eigenvalue weighted by Gasteiger charge is -2.30. The highest BCUT2D eigenvalue weighted by Gasteiger charge is 2.33. The van der Waals surface area contributed by atoms with Crippen LogP contribution < -0.4 is 0 Å². The van der Waals surface area contributed by atoms with Crippen LogP contribution in [0.5, 0.6) is 0 Å². The van der Waals surface area contributed by atoms with Crippen LogP contribution in [0.3, 0.4) is 0 Å². The van der Waals surface area contributed by atoms with E-state index in [1.54, 1.807) is 11.7 Å². The van der Waals surface area contributed by atoms with Crippen LogP contribution in [0.4, 0.5) is 0 Å². The Kier molecular flexibility index (Phi) is 3.97. The summed E-state index contributed by atoms with van der Waals surface area (Å²) in [6, 6.07) is 7.84. The molecule has 2 N–H and O–H groups in total. The van der Waals surface area contributed by atoms with Crippen molar-refractivity contribution in [1.82, 2.24) is 14.8 Å². The summed E-state index contributed by atoms with van der Waals surface area (Å²) in [5, 5.41) is 23.6. The molecule has 102 valence electrons. The maximum Gasteiger partial charge on any atom is 0.138 e. The molecule has 0 fully saturated rings. The molecule has 0 atom stereocenters. The van der Waals surface area contributed by atoms with Gasteiger partial charge in [0.25, 0.3) is 0 Å². The number of aliphatic hydroxyl groups is 2. The minimum Gasteiger partial charge on any atom is -0.395 e. The van der Waals surface area contributed by atoms with Crippen molar-refractivity contribution in [3.63, 3.8) is 0 Å². The van der Waals surface area contributed by atoms with Crippen LogP contribution >= 0.6 is 0 Å². The first-order valence-corrected chi connectivity index (χ1v) is 6.23. The summed E-state index contributed by atoms with van der Waals surface area (Å²) >= 11 is 0. The third-order valence-corrected chi connectivity index (χ3v) is 3.57. The zero-order valence-corrected chi connectivity index (χ0v) is 11.2. The van der Waals surface area contributed by atoms with Crippen LogP contribution in [0.25, 0.3) is 0 Å². The summed E-state index contributed by atoms with van der Waals surface area (Å²) in [6.07, 6.45) is 1.92. The number of nitrogens with zero attached hydrogens (tertiary/aromatic N) is 3. The summed E-state index contributed by atoms with van der Waals surface area (Å²) in [5.74, 6) is 0.740. The normalized spacial score (nSPS) is 11.8. The Morgan fingerprint density at radius 2 is 1.79 bits per heavy atom. The van der Waals surface area contributed by atoms with Crippen molar-refractivity contribution in [3.8, 4) is 0 Å². The van der Waals surface area contributed by atoms with E-state index in [1.807, 2.05) is 31.2 Å².